The molecule has 0 aliphatic rings. The second-order valence-corrected chi connectivity index (χ2v) is 4.03. The first-order valence-corrected chi connectivity index (χ1v) is 5.60. The molecule has 3 N–H and O–H groups in total. The van der Waals surface area contributed by atoms with Crippen molar-refractivity contribution in [3.63, 3.8) is 0 Å². The highest BCUT2D eigenvalue weighted by Crippen LogP contribution is 2.24. The summed E-state index contributed by atoms with van der Waals surface area (Å²) in [6.45, 7) is 1.58. The molecule has 1 aromatic carbocycles. The minimum Gasteiger partial charge on any atom is -0.392 e. The van der Waals surface area contributed by atoms with Crippen LogP contribution in [-0.4, -0.2) is 16.0 Å². The molecule has 0 atom stereocenters. The van der Waals surface area contributed by atoms with Gasteiger partial charge in [0.2, 0.25) is 0 Å². The summed E-state index contributed by atoms with van der Waals surface area (Å²) in [4.78, 5) is 15.9. The molecule has 1 amide bonds. The van der Waals surface area contributed by atoms with Gasteiger partial charge in [0.15, 0.2) is 0 Å². The maximum atomic E-state index is 11.6. The Bertz CT molecular complexity index is 580. The van der Waals surface area contributed by atoms with Gasteiger partial charge in [-0.15, -0.1) is 0 Å². The van der Waals surface area contributed by atoms with Gasteiger partial charge in [0, 0.05) is 11.3 Å². The number of hydrogen-bond acceptors (Lipinski definition) is 3. The van der Waals surface area contributed by atoms with E-state index >= 15 is 0 Å². The van der Waals surface area contributed by atoms with Gasteiger partial charge in [0.05, 0.1) is 17.9 Å². The van der Waals surface area contributed by atoms with Gasteiger partial charge in [0.25, 0.3) is 5.91 Å². The first kappa shape index (κ1) is 12.3. The van der Waals surface area contributed by atoms with Crippen LogP contribution in [0.5, 0.6) is 0 Å². The van der Waals surface area contributed by atoms with Crippen LogP contribution in [0.15, 0.2) is 36.4 Å². The maximum absolute atomic E-state index is 11.6. The van der Waals surface area contributed by atoms with Crippen LogP contribution in [0, 0.1) is 6.92 Å². The van der Waals surface area contributed by atoms with Gasteiger partial charge in [0.1, 0.15) is 0 Å². The average molecular weight is 242 g/mol. The van der Waals surface area contributed by atoms with Crippen LogP contribution < -0.4 is 5.73 Å². The molecule has 1 aromatic heterocycles. The molecule has 0 aliphatic heterocycles. The highest BCUT2D eigenvalue weighted by Gasteiger charge is 2.16. The number of aliphatic hydroxyl groups is 1. The number of aromatic nitrogens is 1. The standard InChI is InChI=1S/C14H14N2O2/c1-9-7-11(8-17)12(14(15)18)13(16-9)10-5-3-2-4-6-10/h2-7,17H,8H2,1H3,(H2,15,18). The van der Waals surface area contributed by atoms with Gasteiger partial charge < -0.3 is 10.8 Å². The topological polar surface area (TPSA) is 76.2 Å². The number of carbonyl (C=O) groups excluding carboxylic acids is 1. The smallest absolute Gasteiger partial charge is 0.251 e. The fourth-order valence-electron chi connectivity index (χ4n) is 1.95. The first-order valence-electron chi connectivity index (χ1n) is 5.60. The SMILES string of the molecule is Cc1cc(CO)c(C(N)=O)c(-c2ccccc2)n1. The van der Waals surface area contributed by atoms with E-state index in [0.29, 0.717) is 11.3 Å². The molecule has 1 heterocycles. The van der Waals surface area contributed by atoms with Gasteiger partial charge >= 0.3 is 0 Å². The largest absolute Gasteiger partial charge is 0.392 e. The number of benzene rings is 1. The van der Waals surface area contributed by atoms with E-state index in [1.165, 1.54) is 0 Å². The Kier molecular flexibility index (Phi) is 3.39. The summed E-state index contributed by atoms with van der Waals surface area (Å²) >= 11 is 0. The molecule has 0 saturated heterocycles. The van der Waals surface area contributed by atoms with Crippen molar-refractivity contribution in [3.8, 4) is 11.3 Å². The Morgan fingerprint density at radius 2 is 2.00 bits per heavy atom. The predicted octanol–water partition coefficient (Wildman–Crippen LogP) is 1.65. The van der Waals surface area contributed by atoms with Crippen LogP contribution in [0.2, 0.25) is 0 Å². The summed E-state index contributed by atoms with van der Waals surface area (Å²) in [6.07, 6.45) is 0. The van der Waals surface area contributed by atoms with Crippen LogP contribution in [0.4, 0.5) is 0 Å². The number of hydrogen-bond donors (Lipinski definition) is 2. The second kappa shape index (κ2) is 4.98. The third-order valence-corrected chi connectivity index (χ3v) is 2.69. The number of aliphatic hydroxyl groups excluding tert-OH is 1. The Labute approximate surface area is 105 Å². The van der Waals surface area contributed by atoms with Crippen LogP contribution in [0.3, 0.4) is 0 Å². The average Bonchev–Trinajstić information content (AvgIpc) is 2.38. The third kappa shape index (κ3) is 2.24. The summed E-state index contributed by atoms with van der Waals surface area (Å²) in [7, 11) is 0. The Morgan fingerprint density at radius 3 is 2.56 bits per heavy atom. The van der Waals surface area contributed by atoms with Gasteiger partial charge in [-0.05, 0) is 18.6 Å². The van der Waals surface area contributed by atoms with E-state index < -0.39 is 5.91 Å². The minimum absolute atomic E-state index is 0.235. The second-order valence-electron chi connectivity index (χ2n) is 4.03. The Balaban J connectivity index is 2.73. The number of aryl methyl sites for hydroxylation is 1. The summed E-state index contributed by atoms with van der Waals surface area (Å²) in [5.74, 6) is -0.578. The lowest BCUT2D eigenvalue weighted by Gasteiger charge is -2.11. The molecule has 0 bridgehead atoms. The van der Waals surface area contributed by atoms with Crippen LogP contribution in [0.1, 0.15) is 21.6 Å². The van der Waals surface area contributed by atoms with E-state index in [0.717, 1.165) is 11.3 Å². The van der Waals surface area contributed by atoms with Crippen LogP contribution >= 0.6 is 0 Å². The van der Waals surface area contributed by atoms with Crippen molar-refractivity contribution in [3.05, 3.63) is 53.2 Å². The molecule has 92 valence electrons. The van der Waals surface area contributed by atoms with Crippen molar-refractivity contribution in [2.75, 3.05) is 0 Å². The number of carbonyl (C=O) groups is 1. The normalized spacial score (nSPS) is 10.3. The summed E-state index contributed by atoms with van der Waals surface area (Å²) in [6, 6.07) is 11.0. The molecule has 0 aliphatic carbocycles. The van der Waals surface area contributed by atoms with E-state index in [-0.39, 0.29) is 12.2 Å². The molecular formula is C14H14N2O2. The lowest BCUT2D eigenvalue weighted by Crippen LogP contribution is -2.17. The quantitative estimate of drug-likeness (QED) is 0.859. The van der Waals surface area contributed by atoms with Crippen molar-refractivity contribution in [2.45, 2.75) is 13.5 Å². The van der Waals surface area contributed by atoms with Crippen molar-refractivity contribution < 1.29 is 9.90 Å². The van der Waals surface area contributed by atoms with Gasteiger partial charge in [-0.3, -0.25) is 9.78 Å². The fourth-order valence-corrected chi connectivity index (χ4v) is 1.95. The van der Waals surface area contributed by atoms with E-state index in [1.807, 2.05) is 37.3 Å². The van der Waals surface area contributed by atoms with Crippen molar-refractivity contribution >= 4 is 5.91 Å². The number of primary amides is 1. The Morgan fingerprint density at radius 1 is 1.33 bits per heavy atom. The molecule has 4 nitrogen and oxygen atoms in total. The zero-order chi connectivity index (χ0) is 13.1. The lowest BCUT2D eigenvalue weighted by molar-refractivity contribution is 0.0997. The molecular weight excluding hydrogens is 228 g/mol. The van der Waals surface area contributed by atoms with Crippen LogP contribution in [-0.2, 0) is 6.61 Å². The highest BCUT2D eigenvalue weighted by molar-refractivity contribution is 6.00. The molecule has 2 aromatic rings. The first-order chi connectivity index (χ1) is 8.63. The van der Waals surface area contributed by atoms with Gasteiger partial charge in [-0.25, -0.2) is 0 Å². The number of amides is 1. The maximum Gasteiger partial charge on any atom is 0.251 e. The van der Waals surface area contributed by atoms with Crippen molar-refractivity contribution in [1.82, 2.24) is 4.98 Å². The van der Waals surface area contributed by atoms with Crippen LogP contribution in [0.25, 0.3) is 11.3 Å². The van der Waals surface area contributed by atoms with Crippen molar-refractivity contribution in [1.29, 1.82) is 0 Å². The molecule has 0 radical (unpaired) electrons. The van der Waals surface area contributed by atoms with E-state index in [2.05, 4.69) is 4.98 Å². The minimum atomic E-state index is -0.578. The van der Waals surface area contributed by atoms with E-state index in [4.69, 9.17) is 5.73 Å². The molecule has 18 heavy (non-hydrogen) atoms. The highest BCUT2D eigenvalue weighted by atomic mass is 16.3. The number of rotatable bonds is 3. The zero-order valence-corrected chi connectivity index (χ0v) is 10.1. The van der Waals surface area contributed by atoms with Gasteiger partial charge in [-0.1, -0.05) is 30.3 Å². The summed E-state index contributed by atoms with van der Waals surface area (Å²) in [5.41, 5.74) is 8.25. The number of pyridine rings is 1. The molecule has 0 spiro atoms. The molecule has 2 rings (SSSR count). The summed E-state index contributed by atoms with van der Waals surface area (Å²) < 4.78 is 0. The zero-order valence-electron chi connectivity index (χ0n) is 10.1. The summed E-state index contributed by atoms with van der Waals surface area (Å²) in [5, 5.41) is 9.33. The molecule has 0 unspecified atom stereocenters. The molecule has 0 saturated carbocycles. The van der Waals surface area contributed by atoms with E-state index in [1.54, 1.807) is 6.07 Å². The molecule has 4 heteroatoms. The fraction of sp³-hybridized carbons (Fsp3) is 0.143. The third-order valence-electron chi connectivity index (χ3n) is 2.69. The molecule has 0 fully saturated rings. The van der Waals surface area contributed by atoms with Gasteiger partial charge in [-0.2, -0.15) is 0 Å². The lowest BCUT2D eigenvalue weighted by atomic mass is 10.00. The monoisotopic (exact) mass is 242 g/mol. The Hall–Kier alpha value is -2.20. The van der Waals surface area contributed by atoms with E-state index in [9.17, 15) is 9.90 Å². The number of nitrogens with zero attached hydrogens (tertiary/aromatic N) is 1. The predicted molar refractivity (Wildman–Crippen MR) is 68.9 cm³/mol. The number of nitrogens with two attached hydrogens (primary N) is 1. The van der Waals surface area contributed by atoms with Crippen molar-refractivity contribution in [2.24, 2.45) is 5.73 Å².